The second-order valence-corrected chi connectivity index (χ2v) is 12.3. The van der Waals surface area contributed by atoms with Gasteiger partial charge in [0.2, 0.25) is 0 Å². The van der Waals surface area contributed by atoms with Gasteiger partial charge in [-0.3, -0.25) is 0 Å². The molecule has 0 atom stereocenters. The Labute approximate surface area is 223 Å². The first-order valence-corrected chi connectivity index (χ1v) is 14.8. The fourth-order valence-corrected chi connectivity index (χ4v) is 6.81. The number of aromatic hydroxyl groups is 1. The minimum atomic E-state index is -3.64. The number of imidazole rings is 1. The summed E-state index contributed by atoms with van der Waals surface area (Å²) in [6.07, 6.45) is 5.23. The van der Waals surface area contributed by atoms with Crippen LogP contribution >= 0.6 is 15.9 Å². The zero-order valence-corrected chi connectivity index (χ0v) is 23.0. The van der Waals surface area contributed by atoms with Crippen molar-refractivity contribution in [1.82, 2.24) is 14.1 Å². The predicted octanol–water partition coefficient (Wildman–Crippen LogP) is 5.29. The average Bonchev–Trinajstić information content (AvgIpc) is 3.53. The average molecular weight is 587 g/mol. The molecule has 2 aromatic carbocycles. The van der Waals surface area contributed by atoms with Gasteiger partial charge in [0.1, 0.15) is 11.6 Å². The van der Waals surface area contributed by atoms with Gasteiger partial charge in [-0.15, -0.1) is 0 Å². The molecule has 8 nitrogen and oxygen atoms in total. The Morgan fingerprint density at radius 3 is 2.57 bits per heavy atom. The van der Waals surface area contributed by atoms with Crippen LogP contribution in [0.4, 0.5) is 0 Å². The maximum atomic E-state index is 13.5. The number of carbonyl (C=O) groups excluding carboxylic acids is 1. The van der Waals surface area contributed by atoms with Crippen molar-refractivity contribution in [2.24, 2.45) is 0 Å². The second-order valence-electron chi connectivity index (χ2n) is 9.34. The van der Waals surface area contributed by atoms with Gasteiger partial charge < -0.3 is 19.0 Å². The summed E-state index contributed by atoms with van der Waals surface area (Å²) in [5, 5.41) is 11.7. The first kappa shape index (κ1) is 25.5. The van der Waals surface area contributed by atoms with Crippen molar-refractivity contribution in [2.45, 2.75) is 50.8 Å². The Hall–Kier alpha value is -3.11. The van der Waals surface area contributed by atoms with E-state index in [0.29, 0.717) is 32.2 Å². The molecule has 10 heteroatoms. The normalized spacial score (nSPS) is 13.8. The van der Waals surface area contributed by atoms with E-state index in [1.54, 1.807) is 49.6 Å². The molecule has 0 aliphatic heterocycles. The quantitative estimate of drug-likeness (QED) is 0.268. The standard InChI is InChI=1S/C27H28BrN3O5S/c1-3-36-27(33)25-23(16-37(34,35)15-18-7-5-4-6-8-18)31(19-9-10-19)22-13-21(28)26(32)20(24(22)25)14-30-12-11-29-17(30)2/h4-8,11-13,19,32H,3,9-10,14-16H2,1-2H3. The van der Waals surface area contributed by atoms with Gasteiger partial charge in [0, 0.05) is 35.1 Å². The van der Waals surface area contributed by atoms with Crippen LogP contribution < -0.4 is 0 Å². The number of benzene rings is 2. The van der Waals surface area contributed by atoms with Crippen molar-refractivity contribution >= 4 is 42.6 Å². The summed E-state index contributed by atoms with van der Waals surface area (Å²) in [4.78, 5) is 17.7. The lowest BCUT2D eigenvalue weighted by atomic mass is 10.0. The van der Waals surface area contributed by atoms with Crippen LogP contribution in [0.3, 0.4) is 0 Å². The zero-order chi connectivity index (χ0) is 26.3. The van der Waals surface area contributed by atoms with E-state index >= 15 is 0 Å². The maximum Gasteiger partial charge on any atom is 0.340 e. The summed E-state index contributed by atoms with van der Waals surface area (Å²) >= 11 is 3.48. The van der Waals surface area contributed by atoms with Gasteiger partial charge in [-0.1, -0.05) is 30.3 Å². The molecule has 0 amide bonds. The van der Waals surface area contributed by atoms with E-state index in [1.807, 2.05) is 22.1 Å². The smallest absolute Gasteiger partial charge is 0.340 e. The highest BCUT2D eigenvalue weighted by molar-refractivity contribution is 9.10. The molecule has 2 heterocycles. The van der Waals surface area contributed by atoms with Crippen molar-refractivity contribution < 1.29 is 23.1 Å². The topological polar surface area (TPSA) is 103 Å². The largest absolute Gasteiger partial charge is 0.506 e. The number of rotatable bonds is 9. The molecule has 0 spiro atoms. The molecule has 1 fully saturated rings. The van der Waals surface area contributed by atoms with E-state index in [1.165, 1.54) is 0 Å². The second kappa shape index (κ2) is 9.98. The molecule has 0 unspecified atom stereocenters. The molecule has 1 N–H and O–H groups in total. The summed E-state index contributed by atoms with van der Waals surface area (Å²) in [6, 6.07) is 10.9. The predicted molar refractivity (Wildman–Crippen MR) is 144 cm³/mol. The van der Waals surface area contributed by atoms with E-state index in [-0.39, 0.29) is 42.0 Å². The third kappa shape index (κ3) is 5.04. The van der Waals surface area contributed by atoms with Gasteiger partial charge in [-0.05, 0) is 54.2 Å². The number of fused-ring (bicyclic) bond motifs is 1. The summed E-state index contributed by atoms with van der Waals surface area (Å²) in [5.41, 5.74) is 2.51. The fraction of sp³-hybridized carbons (Fsp3) is 0.333. The van der Waals surface area contributed by atoms with Gasteiger partial charge in [-0.25, -0.2) is 18.2 Å². The lowest BCUT2D eigenvalue weighted by molar-refractivity contribution is 0.0527. The molecule has 0 radical (unpaired) electrons. The number of phenolic OH excluding ortho intramolecular Hbond substituents is 1. The van der Waals surface area contributed by atoms with Gasteiger partial charge >= 0.3 is 5.97 Å². The summed E-state index contributed by atoms with van der Waals surface area (Å²) in [5.74, 6) is -0.306. The lowest BCUT2D eigenvalue weighted by Gasteiger charge is -2.13. The van der Waals surface area contributed by atoms with E-state index in [0.717, 1.165) is 18.7 Å². The lowest BCUT2D eigenvalue weighted by Crippen LogP contribution is -2.16. The number of hydrogen-bond acceptors (Lipinski definition) is 6. The van der Waals surface area contributed by atoms with E-state index < -0.39 is 15.8 Å². The van der Waals surface area contributed by atoms with Crippen LogP contribution in [0.25, 0.3) is 10.9 Å². The number of hydrogen-bond donors (Lipinski definition) is 1. The van der Waals surface area contributed by atoms with Crippen molar-refractivity contribution in [3.63, 3.8) is 0 Å². The van der Waals surface area contributed by atoms with E-state index in [4.69, 9.17) is 4.74 Å². The number of sulfone groups is 1. The number of esters is 1. The Balaban J connectivity index is 1.75. The van der Waals surface area contributed by atoms with Crippen LogP contribution in [-0.2, 0) is 32.6 Å². The highest BCUT2D eigenvalue weighted by atomic mass is 79.9. The maximum absolute atomic E-state index is 13.5. The van der Waals surface area contributed by atoms with E-state index in [9.17, 15) is 18.3 Å². The van der Waals surface area contributed by atoms with Gasteiger partial charge in [0.25, 0.3) is 0 Å². The monoisotopic (exact) mass is 585 g/mol. The molecule has 1 aliphatic carbocycles. The number of halogens is 1. The van der Waals surface area contributed by atoms with Crippen LogP contribution in [-0.4, -0.2) is 40.2 Å². The SMILES string of the molecule is CCOC(=O)c1c(CS(=O)(=O)Cc2ccccc2)n(C2CC2)c2cc(Br)c(O)c(Cn3ccnc3C)c12. The molecular weight excluding hydrogens is 558 g/mol. The molecule has 5 rings (SSSR count). The zero-order valence-electron chi connectivity index (χ0n) is 20.6. The summed E-state index contributed by atoms with van der Waals surface area (Å²) in [7, 11) is -3.64. The third-order valence-electron chi connectivity index (χ3n) is 6.65. The molecular formula is C27H28BrN3O5S. The van der Waals surface area contributed by atoms with Crippen LogP contribution in [0.1, 0.15) is 58.8 Å². The number of aryl methyl sites for hydroxylation is 1. The minimum Gasteiger partial charge on any atom is -0.506 e. The fourth-order valence-electron chi connectivity index (χ4n) is 4.85. The molecule has 4 aromatic rings. The van der Waals surface area contributed by atoms with Crippen LogP contribution in [0.5, 0.6) is 5.75 Å². The Kier molecular flexibility index (Phi) is 6.89. The van der Waals surface area contributed by atoms with Crippen molar-refractivity contribution in [2.75, 3.05) is 6.61 Å². The van der Waals surface area contributed by atoms with Crippen molar-refractivity contribution in [1.29, 1.82) is 0 Å². The molecule has 37 heavy (non-hydrogen) atoms. The van der Waals surface area contributed by atoms with Crippen LogP contribution in [0.2, 0.25) is 0 Å². The number of phenols is 1. The highest BCUT2D eigenvalue weighted by Crippen LogP contribution is 2.46. The molecule has 1 aliphatic rings. The molecule has 1 saturated carbocycles. The summed E-state index contributed by atoms with van der Waals surface area (Å²) < 4.78 is 36.7. The molecule has 194 valence electrons. The van der Waals surface area contributed by atoms with Crippen molar-refractivity contribution in [3.8, 4) is 5.75 Å². The highest BCUT2D eigenvalue weighted by Gasteiger charge is 2.36. The molecule has 0 saturated heterocycles. The number of ether oxygens (including phenoxy) is 1. The first-order chi connectivity index (χ1) is 17.7. The number of carbonyl (C=O) groups is 1. The van der Waals surface area contributed by atoms with Crippen molar-refractivity contribution in [3.05, 3.63) is 81.5 Å². The third-order valence-corrected chi connectivity index (χ3v) is 8.74. The van der Waals surface area contributed by atoms with Gasteiger partial charge in [0.05, 0.1) is 40.2 Å². The van der Waals surface area contributed by atoms with Gasteiger partial charge in [0.15, 0.2) is 9.84 Å². The molecule has 0 bridgehead atoms. The van der Waals surface area contributed by atoms with Crippen LogP contribution in [0, 0.1) is 6.92 Å². The Morgan fingerprint density at radius 2 is 1.95 bits per heavy atom. The molecule has 2 aromatic heterocycles. The number of nitrogens with zero attached hydrogens (tertiary/aromatic N) is 3. The van der Waals surface area contributed by atoms with E-state index in [2.05, 4.69) is 20.9 Å². The Bertz CT molecular complexity index is 1590. The Morgan fingerprint density at radius 1 is 1.22 bits per heavy atom. The first-order valence-electron chi connectivity index (χ1n) is 12.2. The number of aromatic nitrogens is 3. The van der Waals surface area contributed by atoms with Gasteiger partial charge in [-0.2, -0.15) is 0 Å². The minimum absolute atomic E-state index is 0.00205. The van der Waals surface area contributed by atoms with Crippen LogP contribution in [0.15, 0.2) is 53.3 Å². The summed E-state index contributed by atoms with van der Waals surface area (Å²) in [6.45, 7) is 3.97.